The molecule has 0 amide bonds. The van der Waals surface area contributed by atoms with Gasteiger partial charge in [-0.3, -0.25) is 4.98 Å². The van der Waals surface area contributed by atoms with Crippen LogP contribution in [0.1, 0.15) is 56.4 Å². The standard InChI is InChI=1S/C40H33N/c1-24-22-33-30(19-20-39(2,3)32-11-7-6-10-27(24)32)38-31-18-14-25-13-16-28(35-12-8-9-21-41-35)29-17-15-26(37(31)36(25)29)23-34(38)40(33,4)5/h6-19,21-23H,1,20H2,2-5H3/b30-19+,33-22+. The Morgan fingerprint density at radius 2 is 1.44 bits per heavy atom. The van der Waals surface area contributed by atoms with E-state index in [1.807, 2.05) is 12.3 Å². The highest BCUT2D eigenvalue weighted by molar-refractivity contribution is 6.28. The summed E-state index contributed by atoms with van der Waals surface area (Å²) in [5.41, 5.74) is 11.3. The molecule has 0 N–H and O–H groups in total. The average Bonchev–Trinajstić information content (AvgIpc) is 3.21. The van der Waals surface area contributed by atoms with Crippen LogP contribution in [0, 0.1) is 0 Å². The second-order valence-corrected chi connectivity index (χ2v) is 13.0. The van der Waals surface area contributed by atoms with E-state index < -0.39 is 0 Å². The summed E-state index contributed by atoms with van der Waals surface area (Å²) in [6.45, 7) is 14.1. The van der Waals surface area contributed by atoms with Gasteiger partial charge in [-0.1, -0.05) is 113 Å². The summed E-state index contributed by atoms with van der Waals surface area (Å²) in [5, 5.41) is 7.88. The number of fused-ring (bicyclic) bond motifs is 5. The third-order valence-electron chi connectivity index (χ3n) is 9.77. The topological polar surface area (TPSA) is 12.9 Å². The zero-order chi connectivity index (χ0) is 28.1. The Hall–Kier alpha value is -4.49. The molecule has 8 rings (SSSR count). The molecule has 1 nitrogen and oxygen atoms in total. The van der Waals surface area contributed by atoms with Crippen molar-refractivity contribution in [3.05, 3.63) is 138 Å². The molecule has 0 bridgehead atoms. The maximum absolute atomic E-state index is 4.70. The monoisotopic (exact) mass is 527 g/mol. The molecule has 0 aliphatic heterocycles. The molecule has 0 saturated heterocycles. The number of hydrogen-bond donors (Lipinski definition) is 0. The van der Waals surface area contributed by atoms with Gasteiger partial charge in [0.05, 0.1) is 5.69 Å². The predicted octanol–water partition coefficient (Wildman–Crippen LogP) is 10.6. The van der Waals surface area contributed by atoms with Crippen LogP contribution in [0.3, 0.4) is 0 Å². The van der Waals surface area contributed by atoms with E-state index in [0.717, 1.165) is 17.7 Å². The molecule has 6 aromatic rings. The van der Waals surface area contributed by atoms with Crippen LogP contribution in [-0.2, 0) is 10.8 Å². The highest BCUT2D eigenvalue weighted by atomic mass is 14.7. The Bertz CT molecular complexity index is 2120. The summed E-state index contributed by atoms with van der Waals surface area (Å²) < 4.78 is 0. The fourth-order valence-corrected chi connectivity index (χ4v) is 7.56. The third kappa shape index (κ3) is 3.33. The van der Waals surface area contributed by atoms with Crippen molar-refractivity contribution >= 4 is 43.5 Å². The van der Waals surface area contributed by atoms with Crippen molar-refractivity contribution in [2.24, 2.45) is 0 Å². The van der Waals surface area contributed by atoms with Crippen LogP contribution in [-0.4, -0.2) is 4.98 Å². The molecular weight excluding hydrogens is 494 g/mol. The van der Waals surface area contributed by atoms with Gasteiger partial charge in [-0.2, -0.15) is 0 Å². The molecule has 0 radical (unpaired) electrons. The number of benzene rings is 5. The van der Waals surface area contributed by atoms with Gasteiger partial charge < -0.3 is 0 Å². The summed E-state index contributed by atoms with van der Waals surface area (Å²) in [6.07, 6.45) is 7.74. The average molecular weight is 528 g/mol. The highest BCUT2D eigenvalue weighted by Crippen LogP contribution is 2.56. The minimum absolute atomic E-state index is 0.00983. The van der Waals surface area contributed by atoms with Crippen LogP contribution in [0.15, 0.2) is 115 Å². The van der Waals surface area contributed by atoms with Crippen molar-refractivity contribution in [1.82, 2.24) is 4.98 Å². The lowest BCUT2D eigenvalue weighted by molar-refractivity contribution is 0.533. The van der Waals surface area contributed by atoms with Gasteiger partial charge in [0.15, 0.2) is 0 Å². The van der Waals surface area contributed by atoms with E-state index >= 15 is 0 Å². The van der Waals surface area contributed by atoms with E-state index in [-0.39, 0.29) is 10.8 Å². The Morgan fingerprint density at radius 1 is 0.707 bits per heavy atom. The van der Waals surface area contributed by atoms with Crippen molar-refractivity contribution < 1.29 is 0 Å². The fourth-order valence-electron chi connectivity index (χ4n) is 7.56. The molecule has 0 unspecified atom stereocenters. The van der Waals surface area contributed by atoms with E-state index in [2.05, 4.69) is 125 Å². The SMILES string of the molecule is C=C1/C=C2\C(=C/CC(C)(C)c3ccccc31)c1c(cc3ccc4c(-c5ccccn5)ccc5ccc1c3c54)C2(C)C. The van der Waals surface area contributed by atoms with Gasteiger partial charge in [-0.25, -0.2) is 0 Å². The first-order valence-electron chi connectivity index (χ1n) is 14.6. The van der Waals surface area contributed by atoms with Gasteiger partial charge in [0.25, 0.3) is 0 Å². The third-order valence-corrected chi connectivity index (χ3v) is 9.77. The van der Waals surface area contributed by atoms with Crippen LogP contribution in [0.4, 0.5) is 0 Å². The second-order valence-electron chi connectivity index (χ2n) is 13.0. The number of nitrogens with zero attached hydrogens (tertiary/aromatic N) is 1. The van der Waals surface area contributed by atoms with Crippen molar-refractivity contribution in [2.45, 2.75) is 44.9 Å². The Kier molecular flexibility index (Phi) is 4.91. The number of hydrogen-bond acceptors (Lipinski definition) is 1. The Morgan fingerprint density at radius 3 is 2.27 bits per heavy atom. The Balaban J connectivity index is 1.46. The number of rotatable bonds is 1. The molecule has 198 valence electrons. The zero-order valence-corrected chi connectivity index (χ0v) is 24.2. The summed E-state index contributed by atoms with van der Waals surface area (Å²) in [4.78, 5) is 4.70. The van der Waals surface area contributed by atoms with Crippen LogP contribution in [0.25, 0.3) is 54.7 Å². The fraction of sp³-hybridized carbons (Fsp3) is 0.175. The molecule has 0 atom stereocenters. The minimum Gasteiger partial charge on any atom is -0.256 e. The van der Waals surface area contributed by atoms with Crippen LogP contribution in [0.5, 0.6) is 0 Å². The lowest BCUT2D eigenvalue weighted by Crippen LogP contribution is -2.18. The summed E-state index contributed by atoms with van der Waals surface area (Å²) >= 11 is 0. The molecule has 41 heavy (non-hydrogen) atoms. The predicted molar refractivity (Wildman–Crippen MR) is 176 cm³/mol. The first kappa shape index (κ1) is 24.3. The molecular formula is C40H33N. The second kappa shape index (κ2) is 8.27. The van der Waals surface area contributed by atoms with Crippen molar-refractivity contribution in [3.63, 3.8) is 0 Å². The van der Waals surface area contributed by atoms with Gasteiger partial charge in [-0.05, 0) is 101 Å². The van der Waals surface area contributed by atoms with Gasteiger partial charge in [0, 0.05) is 17.2 Å². The molecule has 1 heteroatoms. The lowest BCUT2D eigenvalue weighted by Gasteiger charge is -2.27. The van der Waals surface area contributed by atoms with Crippen LogP contribution in [0.2, 0.25) is 0 Å². The molecule has 0 saturated carbocycles. The van der Waals surface area contributed by atoms with E-state index in [1.165, 1.54) is 71.3 Å². The van der Waals surface area contributed by atoms with Gasteiger partial charge in [0.2, 0.25) is 0 Å². The molecule has 5 aromatic carbocycles. The lowest BCUT2D eigenvalue weighted by atomic mass is 9.77. The first-order valence-corrected chi connectivity index (χ1v) is 14.6. The highest BCUT2D eigenvalue weighted by Gasteiger charge is 2.41. The van der Waals surface area contributed by atoms with Gasteiger partial charge in [0.1, 0.15) is 0 Å². The molecule has 0 spiro atoms. The maximum Gasteiger partial charge on any atom is 0.0708 e. The van der Waals surface area contributed by atoms with E-state index in [1.54, 1.807) is 0 Å². The maximum atomic E-state index is 4.70. The van der Waals surface area contributed by atoms with Gasteiger partial charge >= 0.3 is 0 Å². The Labute approximate surface area is 241 Å². The smallest absolute Gasteiger partial charge is 0.0708 e. The molecule has 2 aliphatic rings. The van der Waals surface area contributed by atoms with Crippen LogP contribution >= 0.6 is 0 Å². The number of pyridine rings is 1. The van der Waals surface area contributed by atoms with Crippen molar-refractivity contribution in [2.75, 3.05) is 0 Å². The van der Waals surface area contributed by atoms with Crippen molar-refractivity contribution in [3.8, 4) is 11.3 Å². The zero-order valence-electron chi connectivity index (χ0n) is 24.2. The first-order chi connectivity index (χ1) is 19.8. The quantitative estimate of drug-likeness (QED) is 0.194. The molecule has 1 heterocycles. The van der Waals surface area contributed by atoms with E-state index in [4.69, 9.17) is 4.98 Å². The minimum atomic E-state index is -0.142. The van der Waals surface area contributed by atoms with Crippen LogP contribution < -0.4 is 0 Å². The number of aromatic nitrogens is 1. The normalized spacial score (nSPS) is 20.0. The molecule has 1 aromatic heterocycles. The summed E-state index contributed by atoms with van der Waals surface area (Å²) in [6, 6.07) is 31.2. The van der Waals surface area contributed by atoms with E-state index in [0.29, 0.717) is 0 Å². The van der Waals surface area contributed by atoms with Crippen molar-refractivity contribution in [1.29, 1.82) is 0 Å². The molecule has 2 aliphatic carbocycles. The number of allylic oxidation sites excluding steroid dienone is 5. The summed E-state index contributed by atoms with van der Waals surface area (Å²) in [5.74, 6) is 0. The van der Waals surface area contributed by atoms with Gasteiger partial charge in [-0.15, -0.1) is 0 Å². The van der Waals surface area contributed by atoms with E-state index in [9.17, 15) is 0 Å². The largest absolute Gasteiger partial charge is 0.256 e. The summed E-state index contributed by atoms with van der Waals surface area (Å²) in [7, 11) is 0. The molecule has 0 fully saturated rings.